The Morgan fingerprint density at radius 1 is 1.22 bits per heavy atom. The van der Waals surface area contributed by atoms with Gasteiger partial charge < -0.3 is 15.4 Å². The Labute approximate surface area is 167 Å². The van der Waals surface area contributed by atoms with E-state index in [-0.39, 0.29) is 18.4 Å². The summed E-state index contributed by atoms with van der Waals surface area (Å²) in [4.78, 5) is 24.4. The lowest BCUT2D eigenvalue weighted by Gasteiger charge is -2.13. The average Bonchev–Trinajstić information content (AvgIpc) is 2.65. The van der Waals surface area contributed by atoms with Gasteiger partial charge in [0.05, 0.1) is 15.7 Å². The van der Waals surface area contributed by atoms with Crippen LogP contribution in [0.2, 0.25) is 0 Å². The summed E-state index contributed by atoms with van der Waals surface area (Å²) in [5.74, 6) is 0.367. The summed E-state index contributed by atoms with van der Waals surface area (Å²) in [6.45, 7) is 7.97. The van der Waals surface area contributed by atoms with Crippen molar-refractivity contribution in [1.82, 2.24) is 5.32 Å². The second-order valence-electron chi connectivity index (χ2n) is 6.23. The molecule has 0 spiro atoms. The van der Waals surface area contributed by atoms with Crippen LogP contribution in [0.5, 0.6) is 5.75 Å². The van der Waals surface area contributed by atoms with Crippen LogP contribution in [0, 0.1) is 0 Å². The monoisotopic (exact) mass is 430 g/mol. The minimum atomic E-state index is -0.348. The first kappa shape index (κ1) is 20.7. The van der Waals surface area contributed by atoms with E-state index >= 15 is 0 Å². The zero-order chi connectivity index (χ0) is 19.8. The molecular formula is C21H23BrN2O3. The molecule has 0 heterocycles. The highest BCUT2D eigenvalue weighted by molar-refractivity contribution is 9.10. The lowest BCUT2D eigenvalue weighted by Crippen LogP contribution is -2.26. The second-order valence-corrected chi connectivity index (χ2v) is 7.08. The Morgan fingerprint density at radius 2 is 1.96 bits per heavy atom. The van der Waals surface area contributed by atoms with Crippen molar-refractivity contribution < 1.29 is 14.3 Å². The van der Waals surface area contributed by atoms with Gasteiger partial charge in [-0.1, -0.05) is 38.1 Å². The van der Waals surface area contributed by atoms with Gasteiger partial charge in [0, 0.05) is 6.54 Å². The molecular weight excluding hydrogens is 408 g/mol. The molecule has 0 saturated heterocycles. The fourth-order valence-corrected chi connectivity index (χ4v) is 2.88. The van der Waals surface area contributed by atoms with E-state index in [1.54, 1.807) is 30.3 Å². The van der Waals surface area contributed by atoms with E-state index in [1.165, 1.54) is 5.56 Å². The smallest absolute Gasteiger partial charge is 0.262 e. The SMILES string of the molecule is C=CCNC(=O)c1ccccc1NC(=O)COc1ccc(C(C)C)cc1Br. The third-order valence-electron chi connectivity index (χ3n) is 3.83. The van der Waals surface area contributed by atoms with Crippen LogP contribution in [-0.2, 0) is 4.79 Å². The Kier molecular flexibility index (Phi) is 7.61. The molecule has 0 aliphatic rings. The molecule has 0 radical (unpaired) electrons. The fraction of sp³-hybridized carbons (Fsp3) is 0.238. The molecule has 2 rings (SSSR count). The van der Waals surface area contributed by atoms with Crippen molar-refractivity contribution in [3.05, 3.63) is 70.7 Å². The van der Waals surface area contributed by atoms with Gasteiger partial charge in [0.1, 0.15) is 5.75 Å². The Morgan fingerprint density at radius 3 is 2.63 bits per heavy atom. The number of carbonyl (C=O) groups excluding carboxylic acids is 2. The first-order valence-corrected chi connectivity index (χ1v) is 9.42. The van der Waals surface area contributed by atoms with E-state index < -0.39 is 0 Å². The van der Waals surface area contributed by atoms with Gasteiger partial charge in [0.2, 0.25) is 0 Å². The van der Waals surface area contributed by atoms with Gasteiger partial charge in [-0.2, -0.15) is 0 Å². The van der Waals surface area contributed by atoms with Crippen molar-refractivity contribution in [1.29, 1.82) is 0 Å². The summed E-state index contributed by atoms with van der Waals surface area (Å²) < 4.78 is 6.39. The number of rotatable bonds is 8. The van der Waals surface area contributed by atoms with Crippen LogP contribution in [0.4, 0.5) is 5.69 Å². The number of para-hydroxylation sites is 1. The molecule has 142 valence electrons. The molecule has 6 heteroatoms. The van der Waals surface area contributed by atoms with Crippen LogP contribution in [-0.4, -0.2) is 25.0 Å². The molecule has 2 aromatic rings. The summed E-state index contributed by atoms with van der Waals surface area (Å²) >= 11 is 3.47. The van der Waals surface area contributed by atoms with Crippen LogP contribution in [0.3, 0.4) is 0 Å². The zero-order valence-electron chi connectivity index (χ0n) is 15.4. The number of nitrogens with one attached hydrogen (secondary N) is 2. The molecule has 2 amide bonds. The lowest BCUT2D eigenvalue weighted by molar-refractivity contribution is -0.118. The van der Waals surface area contributed by atoms with E-state index in [2.05, 4.69) is 47.0 Å². The number of hydrogen-bond acceptors (Lipinski definition) is 3. The van der Waals surface area contributed by atoms with Crippen LogP contribution in [0.1, 0.15) is 35.7 Å². The fourth-order valence-electron chi connectivity index (χ4n) is 2.37. The van der Waals surface area contributed by atoms with Crippen molar-refractivity contribution in [2.75, 3.05) is 18.5 Å². The van der Waals surface area contributed by atoms with E-state index in [0.717, 1.165) is 4.47 Å². The third-order valence-corrected chi connectivity index (χ3v) is 4.45. The van der Waals surface area contributed by atoms with Crippen LogP contribution in [0.15, 0.2) is 59.6 Å². The van der Waals surface area contributed by atoms with Crippen LogP contribution < -0.4 is 15.4 Å². The molecule has 0 atom stereocenters. The molecule has 0 saturated carbocycles. The highest BCUT2D eigenvalue weighted by atomic mass is 79.9. The second kappa shape index (κ2) is 9.92. The summed E-state index contributed by atoms with van der Waals surface area (Å²) in [5, 5.41) is 5.42. The summed E-state index contributed by atoms with van der Waals surface area (Å²) in [7, 11) is 0. The molecule has 2 N–H and O–H groups in total. The molecule has 2 aromatic carbocycles. The number of halogens is 1. The van der Waals surface area contributed by atoms with Crippen molar-refractivity contribution in [3.63, 3.8) is 0 Å². The minimum absolute atomic E-state index is 0.164. The molecule has 27 heavy (non-hydrogen) atoms. The molecule has 0 fully saturated rings. The van der Waals surface area contributed by atoms with E-state index in [1.807, 2.05) is 18.2 Å². The number of benzene rings is 2. The molecule has 0 aliphatic carbocycles. The van der Waals surface area contributed by atoms with Gasteiger partial charge in [0.15, 0.2) is 6.61 Å². The highest BCUT2D eigenvalue weighted by Gasteiger charge is 2.13. The Balaban J connectivity index is 2.00. The number of amides is 2. The maximum atomic E-state index is 12.3. The zero-order valence-corrected chi connectivity index (χ0v) is 17.0. The highest BCUT2D eigenvalue weighted by Crippen LogP contribution is 2.29. The summed E-state index contributed by atoms with van der Waals surface area (Å²) in [6.07, 6.45) is 1.59. The maximum Gasteiger partial charge on any atom is 0.262 e. The number of carbonyl (C=O) groups is 2. The predicted octanol–water partition coefficient (Wildman–Crippen LogP) is 4.51. The topological polar surface area (TPSA) is 67.4 Å². The van der Waals surface area contributed by atoms with Crippen LogP contribution >= 0.6 is 15.9 Å². The van der Waals surface area contributed by atoms with Crippen molar-refractivity contribution in [2.45, 2.75) is 19.8 Å². The average molecular weight is 431 g/mol. The predicted molar refractivity (Wildman–Crippen MR) is 111 cm³/mol. The van der Waals surface area contributed by atoms with Crippen molar-refractivity contribution in [3.8, 4) is 5.75 Å². The van der Waals surface area contributed by atoms with E-state index in [0.29, 0.717) is 29.5 Å². The Hall–Kier alpha value is -2.60. The normalized spacial score (nSPS) is 10.4. The van der Waals surface area contributed by atoms with Gasteiger partial charge in [-0.15, -0.1) is 6.58 Å². The van der Waals surface area contributed by atoms with Crippen molar-refractivity contribution >= 4 is 33.4 Å². The molecule has 0 bridgehead atoms. The van der Waals surface area contributed by atoms with Gasteiger partial charge in [-0.05, 0) is 51.7 Å². The molecule has 5 nitrogen and oxygen atoms in total. The maximum absolute atomic E-state index is 12.3. The van der Waals surface area contributed by atoms with E-state index in [9.17, 15) is 9.59 Å². The lowest BCUT2D eigenvalue weighted by atomic mass is 10.0. The van der Waals surface area contributed by atoms with Gasteiger partial charge in [0.25, 0.3) is 11.8 Å². The van der Waals surface area contributed by atoms with Gasteiger partial charge >= 0.3 is 0 Å². The molecule has 0 unspecified atom stereocenters. The standard InChI is InChI=1S/C21H23BrN2O3/c1-4-11-23-21(26)16-7-5-6-8-18(16)24-20(25)13-27-19-10-9-15(14(2)3)12-17(19)22/h4-10,12,14H,1,11,13H2,2-3H3,(H,23,26)(H,24,25). The van der Waals surface area contributed by atoms with Gasteiger partial charge in [-0.3, -0.25) is 9.59 Å². The number of ether oxygens (including phenoxy) is 1. The third kappa shape index (κ3) is 5.96. The number of hydrogen-bond donors (Lipinski definition) is 2. The van der Waals surface area contributed by atoms with Crippen molar-refractivity contribution in [2.24, 2.45) is 0 Å². The summed E-state index contributed by atoms with van der Waals surface area (Å²) in [5.41, 5.74) is 2.00. The quantitative estimate of drug-likeness (QED) is 0.605. The largest absolute Gasteiger partial charge is 0.483 e. The van der Waals surface area contributed by atoms with E-state index in [4.69, 9.17) is 4.74 Å². The first-order chi connectivity index (χ1) is 12.9. The summed E-state index contributed by atoms with van der Waals surface area (Å²) in [6, 6.07) is 12.6. The number of anilines is 1. The Bertz CT molecular complexity index is 834. The first-order valence-electron chi connectivity index (χ1n) is 8.62. The molecule has 0 aromatic heterocycles. The minimum Gasteiger partial charge on any atom is -0.483 e. The van der Waals surface area contributed by atoms with Gasteiger partial charge in [-0.25, -0.2) is 0 Å². The molecule has 0 aliphatic heterocycles. The van der Waals surface area contributed by atoms with Crippen LogP contribution in [0.25, 0.3) is 0 Å².